The number of nitrogens with one attached hydrogen (secondary N) is 1. The van der Waals surface area contributed by atoms with Gasteiger partial charge in [0, 0.05) is 26.2 Å². The van der Waals surface area contributed by atoms with Gasteiger partial charge in [-0.25, -0.2) is 0 Å². The molecule has 0 spiro atoms. The van der Waals surface area contributed by atoms with Crippen LogP contribution in [0.25, 0.3) is 0 Å². The first-order valence-electron chi connectivity index (χ1n) is 7.22. The van der Waals surface area contributed by atoms with Gasteiger partial charge in [0.05, 0.1) is 5.60 Å². The number of hydrogen-bond donors (Lipinski definition) is 2. The summed E-state index contributed by atoms with van der Waals surface area (Å²) in [5, 5.41) is 18.8. The minimum atomic E-state index is -0.666. The third-order valence-corrected chi connectivity index (χ3v) is 4.83. The third-order valence-electron chi connectivity index (χ3n) is 4.15. The van der Waals surface area contributed by atoms with Gasteiger partial charge >= 0.3 is 0 Å². The van der Waals surface area contributed by atoms with E-state index < -0.39 is 5.60 Å². The molecule has 4 heteroatoms. The molecule has 1 fully saturated rings. The van der Waals surface area contributed by atoms with E-state index in [-0.39, 0.29) is 0 Å². The Balaban J connectivity index is 2.03. The fraction of sp³-hybridized carbons (Fsp3) is 0.733. The van der Waals surface area contributed by atoms with Gasteiger partial charge in [0.2, 0.25) is 0 Å². The highest BCUT2D eigenvalue weighted by Gasteiger charge is 2.38. The number of thiophene rings is 1. The van der Waals surface area contributed by atoms with Crippen molar-refractivity contribution in [3.05, 3.63) is 22.4 Å². The molecule has 0 aromatic carbocycles. The summed E-state index contributed by atoms with van der Waals surface area (Å²) in [5.74, 6) is 0.332. The lowest BCUT2D eigenvalue weighted by atomic mass is 9.75. The Bertz CT molecular complexity index is 349. The number of rotatable bonds is 7. The van der Waals surface area contributed by atoms with Gasteiger partial charge in [-0.05, 0) is 61.0 Å². The molecule has 1 aromatic rings. The minimum absolute atomic E-state index is 0.332. The van der Waals surface area contributed by atoms with Crippen LogP contribution in [-0.4, -0.2) is 31.9 Å². The molecule has 0 radical (unpaired) electrons. The number of ether oxygens (including phenoxy) is 1. The molecule has 0 saturated carbocycles. The van der Waals surface area contributed by atoms with E-state index >= 15 is 0 Å². The maximum atomic E-state index is 11.2. The Morgan fingerprint density at radius 2 is 2.42 bits per heavy atom. The zero-order chi connectivity index (χ0) is 13.6. The first-order chi connectivity index (χ1) is 9.27. The van der Waals surface area contributed by atoms with Crippen LogP contribution in [0.3, 0.4) is 0 Å². The summed E-state index contributed by atoms with van der Waals surface area (Å²) in [5.41, 5.74) is 0.435. The molecule has 1 saturated heterocycles. The average Bonchev–Trinajstić information content (AvgIpc) is 2.99. The largest absolute Gasteiger partial charge is 0.385 e. The van der Waals surface area contributed by atoms with Crippen LogP contribution < -0.4 is 5.32 Å². The molecule has 0 unspecified atom stereocenters. The smallest absolute Gasteiger partial charge is 0.0944 e. The van der Waals surface area contributed by atoms with Gasteiger partial charge < -0.3 is 15.2 Å². The second-order valence-corrected chi connectivity index (χ2v) is 6.21. The van der Waals surface area contributed by atoms with E-state index in [1.54, 1.807) is 18.4 Å². The standard InChI is InChI=1S/C15H25NO2S/c1-18-9-3-2-7-15(17,14-6-10-19-12-14)13-5-4-8-16-11-13/h6,10,12-13,16-17H,2-5,7-9,11H2,1H3/t13-,15+/m1/s1. The van der Waals surface area contributed by atoms with Crippen molar-refractivity contribution in [1.82, 2.24) is 5.32 Å². The van der Waals surface area contributed by atoms with Crippen molar-refractivity contribution >= 4 is 11.3 Å². The van der Waals surface area contributed by atoms with Gasteiger partial charge in [-0.15, -0.1) is 0 Å². The van der Waals surface area contributed by atoms with Crippen LogP contribution in [0.4, 0.5) is 0 Å². The van der Waals surface area contributed by atoms with Crippen molar-refractivity contribution in [3.8, 4) is 0 Å². The van der Waals surface area contributed by atoms with Crippen LogP contribution in [0.1, 0.15) is 37.7 Å². The predicted molar refractivity (Wildman–Crippen MR) is 79.5 cm³/mol. The normalized spacial score (nSPS) is 23.2. The minimum Gasteiger partial charge on any atom is -0.385 e. The fourth-order valence-corrected chi connectivity index (χ4v) is 3.73. The molecular formula is C15H25NO2S. The molecule has 2 heterocycles. The van der Waals surface area contributed by atoms with Gasteiger partial charge in [0.25, 0.3) is 0 Å². The molecule has 2 atom stereocenters. The van der Waals surface area contributed by atoms with Gasteiger partial charge in [0.1, 0.15) is 0 Å². The Labute approximate surface area is 120 Å². The number of piperidine rings is 1. The van der Waals surface area contributed by atoms with Crippen LogP contribution in [0.15, 0.2) is 16.8 Å². The molecule has 19 heavy (non-hydrogen) atoms. The number of aliphatic hydroxyl groups is 1. The lowest BCUT2D eigenvalue weighted by Gasteiger charge is -2.39. The van der Waals surface area contributed by atoms with Crippen molar-refractivity contribution in [2.75, 3.05) is 26.8 Å². The molecular weight excluding hydrogens is 258 g/mol. The molecule has 1 aliphatic rings. The summed E-state index contributed by atoms with van der Waals surface area (Å²) < 4.78 is 5.10. The van der Waals surface area contributed by atoms with Gasteiger partial charge in [-0.3, -0.25) is 0 Å². The average molecular weight is 283 g/mol. The van der Waals surface area contributed by atoms with Crippen LogP contribution in [0.5, 0.6) is 0 Å². The maximum absolute atomic E-state index is 11.2. The van der Waals surface area contributed by atoms with E-state index in [2.05, 4.69) is 22.1 Å². The van der Waals surface area contributed by atoms with Crippen molar-refractivity contribution < 1.29 is 9.84 Å². The Morgan fingerprint density at radius 1 is 1.53 bits per heavy atom. The van der Waals surface area contributed by atoms with Crippen molar-refractivity contribution in [3.63, 3.8) is 0 Å². The first kappa shape index (κ1) is 15.0. The zero-order valence-corrected chi connectivity index (χ0v) is 12.5. The van der Waals surface area contributed by atoms with Gasteiger partial charge in [0.15, 0.2) is 0 Å². The number of methoxy groups -OCH3 is 1. The van der Waals surface area contributed by atoms with Crippen molar-refractivity contribution in [1.29, 1.82) is 0 Å². The highest BCUT2D eigenvalue weighted by atomic mass is 32.1. The molecule has 0 amide bonds. The summed E-state index contributed by atoms with van der Waals surface area (Å²) in [7, 11) is 1.73. The summed E-state index contributed by atoms with van der Waals surface area (Å²) >= 11 is 1.67. The molecule has 2 N–H and O–H groups in total. The summed E-state index contributed by atoms with van der Waals surface area (Å²) in [6, 6.07) is 2.08. The molecule has 0 bridgehead atoms. The Hall–Kier alpha value is -0.420. The van der Waals surface area contributed by atoms with E-state index in [0.717, 1.165) is 57.4 Å². The maximum Gasteiger partial charge on any atom is 0.0944 e. The number of unbranched alkanes of at least 4 members (excludes halogenated alkanes) is 1. The molecule has 0 aliphatic carbocycles. The van der Waals surface area contributed by atoms with Gasteiger partial charge in [-0.2, -0.15) is 11.3 Å². The van der Waals surface area contributed by atoms with Crippen LogP contribution >= 0.6 is 11.3 Å². The summed E-state index contributed by atoms with van der Waals surface area (Å²) in [6.45, 7) is 2.79. The summed E-state index contributed by atoms with van der Waals surface area (Å²) in [6.07, 6.45) is 5.14. The van der Waals surface area contributed by atoms with E-state index in [4.69, 9.17) is 4.74 Å². The molecule has 1 aliphatic heterocycles. The van der Waals surface area contributed by atoms with Crippen LogP contribution in [0, 0.1) is 5.92 Å². The lowest BCUT2D eigenvalue weighted by molar-refractivity contribution is -0.0430. The molecule has 108 valence electrons. The molecule has 3 nitrogen and oxygen atoms in total. The SMILES string of the molecule is COCCCC[C@@](O)(c1ccsc1)[C@@H]1CCCNC1. The zero-order valence-electron chi connectivity index (χ0n) is 11.7. The monoisotopic (exact) mass is 283 g/mol. The lowest BCUT2D eigenvalue weighted by Crippen LogP contribution is -2.44. The number of hydrogen-bond acceptors (Lipinski definition) is 4. The molecule has 1 aromatic heterocycles. The van der Waals surface area contributed by atoms with E-state index in [0.29, 0.717) is 5.92 Å². The van der Waals surface area contributed by atoms with Gasteiger partial charge in [-0.1, -0.05) is 0 Å². The highest BCUT2D eigenvalue weighted by Crippen LogP contribution is 2.39. The molecule has 2 rings (SSSR count). The predicted octanol–water partition coefficient (Wildman–Crippen LogP) is 2.75. The Morgan fingerprint density at radius 3 is 3.05 bits per heavy atom. The first-order valence-corrected chi connectivity index (χ1v) is 8.16. The second kappa shape index (κ2) is 7.39. The topological polar surface area (TPSA) is 41.5 Å². The fourth-order valence-electron chi connectivity index (χ4n) is 3.00. The Kier molecular flexibility index (Phi) is 5.82. The second-order valence-electron chi connectivity index (χ2n) is 5.43. The van der Waals surface area contributed by atoms with Crippen molar-refractivity contribution in [2.45, 2.75) is 37.7 Å². The van der Waals surface area contributed by atoms with E-state index in [1.165, 1.54) is 0 Å². The van der Waals surface area contributed by atoms with Crippen LogP contribution in [0.2, 0.25) is 0 Å². The highest BCUT2D eigenvalue weighted by molar-refractivity contribution is 7.08. The van der Waals surface area contributed by atoms with Crippen LogP contribution in [-0.2, 0) is 10.3 Å². The van der Waals surface area contributed by atoms with E-state index in [1.807, 2.05) is 0 Å². The summed E-state index contributed by atoms with van der Waals surface area (Å²) in [4.78, 5) is 0. The quantitative estimate of drug-likeness (QED) is 0.756. The van der Waals surface area contributed by atoms with Crippen molar-refractivity contribution in [2.24, 2.45) is 5.92 Å². The van der Waals surface area contributed by atoms with E-state index in [9.17, 15) is 5.11 Å². The third kappa shape index (κ3) is 3.78.